The lowest BCUT2D eigenvalue weighted by molar-refractivity contribution is -0.118. The average molecular weight is 257 g/mol. The second-order valence-corrected chi connectivity index (χ2v) is 5.09. The highest BCUT2D eigenvalue weighted by Crippen LogP contribution is 2.28. The fourth-order valence-electron chi connectivity index (χ4n) is 2.80. The molecule has 1 atom stereocenters. The number of benzene rings is 1. The van der Waals surface area contributed by atoms with Crippen LogP contribution in [0.5, 0.6) is 0 Å². The Morgan fingerprint density at radius 2 is 1.79 bits per heavy atom. The molecule has 19 heavy (non-hydrogen) atoms. The first-order valence-electron chi connectivity index (χ1n) is 6.91. The molecule has 1 aromatic carbocycles. The van der Waals surface area contributed by atoms with Crippen molar-refractivity contribution in [3.05, 3.63) is 47.7 Å². The molecule has 2 aliphatic heterocycles. The van der Waals surface area contributed by atoms with Crippen LogP contribution in [0.4, 0.5) is 0 Å². The van der Waals surface area contributed by atoms with Gasteiger partial charge in [-0.05, 0) is 24.8 Å². The summed E-state index contributed by atoms with van der Waals surface area (Å²) < 4.78 is 0. The Hall–Kier alpha value is -1.81. The fourth-order valence-corrected chi connectivity index (χ4v) is 2.80. The van der Waals surface area contributed by atoms with Crippen molar-refractivity contribution in [3.8, 4) is 0 Å². The number of likely N-dealkylation sites (tertiary alicyclic amines) is 1. The molecule has 0 radical (unpaired) electrons. The van der Waals surface area contributed by atoms with E-state index < -0.39 is 0 Å². The Labute approximate surface area is 113 Å². The minimum atomic E-state index is -0.0623. The van der Waals surface area contributed by atoms with E-state index in [0.29, 0.717) is 0 Å². The first-order valence-corrected chi connectivity index (χ1v) is 6.91. The molecule has 0 aromatic heterocycles. The number of nitrogens with zero attached hydrogens (tertiary/aromatic N) is 1. The van der Waals surface area contributed by atoms with E-state index in [0.717, 1.165) is 18.8 Å². The van der Waals surface area contributed by atoms with Gasteiger partial charge >= 0.3 is 0 Å². The molecule has 1 aromatic rings. The number of rotatable bonds is 2. The van der Waals surface area contributed by atoms with Crippen LogP contribution in [0.1, 0.15) is 30.9 Å². The van der Waals surface area contributed by atoms with Crippen LogP contribution < -0.4 is 10.9 Å². The highest BCUT2D eigenvalue weighted by Gasteiger charge is 2.27. The molecule has 1 unspecified atom stereocenters. The molecule has 2 aliphatic rings. The third kappa shape index (κ3) is 2.63. The third-order valence-corrected chi connectivity index (χ3v) is 3.77. The van der Waals surface area contributed by atoms with Gasteiger partial charge in [0.15, 0.2) is 0 Å². The molecule has 0 spiro atoms. The summed E-state index contributed by atoms with van der Waals surface area (Å²) >= 11 is 0. The van der Waals surface area contributed by atoms with E-state index in [-0.39, 0.29) is 11.9 Å². The number of piperidine rings is 1. The number of hydrazine groups is 1. The average Bonchev–Trinajstić information content (AvgIpc) is 2.49. The molecule has 1 amide bonds. The normalized spacial score (nSPS) is 23.8. The molecule has 2 heterocycles. The van der Waals surface area contributed by atoms with E-state index in [4.69, 9.17) is 0 Å². The molecule has 0 aliphatic carbocycles. The number of amides is 1. The lowest BCUT2D eigenvalue weighted by atomic mass is 9.99. The molecule has 2 N–H and O–H groups in total. The van der Waals surface area contributed by atoms with E-state index in [9.17, 15) is 4.79 Å². The molecule has 0 saturated carbocycles. The zero-order valence-electron chi connectivity index (χ0n) is 10.9. The summed E-state index contributed by atoms with van der Waals surface area (Å²) in [5.74, 6) is -0.0623. The molecule has 1 fully saturated rings. The van der Waals surface area contributed by atoms with Crippen LogP contribution in [-0.4, -0.2) is 23.9 Å². The van der Waals surface area contributed by atoms with E-state index in [1.165, 1.54) is 24.8 Å². The maximum absolute atomic E-state index is 11.6. The Bertz CT molecular complexity index is 477. The van der Waals surface area contributed by atoms with Gasteiger partial charge in [-0.2, -0.15) is 0 Å². The molecule has 0 bridgehead atoms. The summed E-state index contributed by atoms with van der Waals surface area (Å²) in [6.07, 6.45) is 5.44. The lowest BCUT2D eigenvalue weighted by Crippen LogP contribution is -2.48. The minimum Gasteiger partial charge on any atom is -0.373 e. The van der Waals surface area contributed by atoms with Gasteiger partial charge in [-0.3, -0.25) is 10.2 Å². The molecule has 1 saturated heterocycles. The Morgan fingerprint density at radius 3 is 2.53 bits per heavy atom. The van der Waals surface area contributed by atoms with Crippen molar-refractivity contribution in [1.82, 2.24) is 15.8 Å². The zero-order valence-corrected chi connectivity index (χ0v) is 10.9. The van der Waals surface area contributed by atoms with Crippen LogP contribution in [0.25, 0.3) is 0 Å². The number of carbonyl (C=O) groups excluding carboxylic acids is 1. The van der Waals surface area contributed by atoms with Crippen LogP contribution in [0.2, 0.25) is 0 Å². The summed E-state index contributed by atoms with van der Waals surface area (Å²) in [6, 6.07) is 10.3. The van der Waals surface area contributed by atoms with Gasteiger partial charge in [0.1, 0.15) is 0 Å². The van der Waals surface area contributed by atoms with Gasteiger partial charge in [0.05, 0.1) is 6.04 Å². The third-order valence-electron chi connectivity index (χ3n) is 3.77. The monoisotopic (exact) mass is 257 g/mol. The van der Waals surface area contributed by atoms with Crippen LogP contribution in [0.3, 0.4) is 0 Å². The lowest BCUT2D eigenvalue weighted by Gasteiger charge is -2.37. The molecule has 4 nitrogen and oxygen atoms in total. The smallest absolute Gasteiger partial charge is 0.259 e. The fraction of sp³-hybridized carbons (Fsp3) is 0.400. The molecule has 4 heteroatoms. The van der Waals surface area contributed by atoms with E-state index in [2.05, 4.69) is 27.9 Å². The first kappa shape index (κ1) is 12.2. The van der Waals surface area contributed by atoms with Crippen LogP contribution in [0.15, 0.2) is 42.1 Å². The summed E-state index contributed by atoms with van der Waals surface area (Å²) in [4.78, 5) is 14.0. The summed E-state index contributed by atoms with van der Waals surface area (Å²) in [6.45, 7) is 2.09. The van der Waals surface area contributed by atoms with Crippen molar-refractivity contribution in [2.75, 3.05) is 13.1 Å². The van der Waals surface area contributed by atoms with E-state index in [1.807, 2.05) is 18.2 Å². The number of nitrogens with one attached hydrogen (secondary N) is 2. The van der Waals surface area contributed by atoms with Crippen molar-refractivity contribution in [1.29, 1.82) is 0 Å². The SMILES string of the molecule is O=C1C=C(N2CCCCC2)C(c2ccccc2)NN1. The maximum Gasteiger partial charge on any atom is 0.259 e. The predicted molar refractivity (Wildman–Crippen MR) is 74.0 cm³/mol. The second kappa shape index (κ2) is 5.45. The summed E-state index contributed by atoms with van der Waals surface area (Å²) in [5.41, 5.74) is 8.10. The molecular formula is C15H19N3O. The quantitative estimate of drug-likeness (QED) is 0.848. The molecule has 3 rings (SSSR count). The minimum absolute atomic E-state index is 0.0528. The van der Waals surface area contributed by atoms with Crippen molar-refractivity contribution < 1.29 is 4.79 Å². The topological polar surface area (TPSA) is 44.4 Å². The van der Waals surface area contributed by atoms with E-state index >= 15 is 0 Å². The highest BCUT2D eigenvalue weighted by molar-refractivity contribution is 5.89. The van der Waals surface area contributed by atoms with Crippen molar-refractivity contribution in [2.45, 2.75) is 25.3 Å². The van der Waals surface area contributed by atoms with Gasteiger partial charge in [0.25, 0.3) is 5.91 Å². The van der Waals surface area contributed by atoms with Crippen LogP contribution >= 0.6 is 0 Å². The Morgan fingerprint density at radius 1 is 1.05 bits per heavy atom. The first-order chi connectivity index (χ1) is 9.34. The maximum atomic E-state index is 11.6. The van der Waals surface area contributed by atoms with Crippen molar-refractivity contribution >= 4 is 5.91 Å². The van der Waals surface area contributed by atoms with Crippen LogP contribution in [0, 0.1) is 0 Å². The molecule has 100 valence electrons. The highest BCUT2D eigenvalue weighted by atomic mass is 16.2. The van der Waals surface area contributed by atoms with Gasteiger partial charge in [-0.25, -0.2) is 5.43 Å². The van der Waals surface area contributed by atoms with Gasteiger partial charge in [0.2, 0.25) is 0 Å². The largest absolute Gasteiger partial charge is 0.373 e. The predicted octanol–water partition coefficient (Wildman–Crippen LogP) is 1.73. The van der Waals surface area contributed by atoms with Gasteiger partial charge in [-0.15, -0.1) is 0 Å². The summed E-state index contributed by atoms with van der Waals surface area (Å²) in [5, 5.41) is 0. The standard InChI is InChI=1S/C15H19N3O/c19-14-11-13(18-9-5-2-6-10-18)15(17-16-14)12-7-3-1-4-8-12/h1,3-4,7-8,11,15,17H,2,5-6,9-10H2,(H,16,19). The van der Waals surface area contributed by atoms with Gasteiger partial charge < -0.3 is 4.90 Å². The zero-order chi connectivity index (χ0) is 13.1. The van der Waals surface area contributed by atoms with Crippen LogP contribution in [-0.2, 0) is 4.79 Å². The molecular weight excluding hydrogens is 238 g/mol. The number of hydrogen-bond donors (Lipinski definition) is 2. The second-order valence-electron chi connectivity index (χ2n) is 5.09. The van der Waals surface area contributed by atoms with Crippen molar-refractivity contribution in [3.63, 3.8) is 0 Å². The Balaban J connectivity index is 1.89. The van der Waals surface area contributed by atoms with Gasteiger partial charge in [0, 0.05) is 24.9 Å². The Kier molecular flexibility index (Phi) is 3.51. The van der Waals surface area contributed by atoms with Crippen molar-refractivity contribution in [2.24, 2.45) is 0 Å². The summed E-state index contributed by atoms with van der Waals surface area (Å²) in [7, 11) is 0. The number of carbonyl (C=O) groups is 1. The van der Waals surface area contributed by atoms with E-state index in [1.54, 1.807) is 6.08 Å². The number of hydrogen-bond acceptors (Lipinski definition) is 3. The van der Waals surface area contributed by atoms with Gasteiger partial charge in [-0.1, -0.05) is 30.3 Å².